The summed E-state index contributed by atoms with van der Waals surface area (Å²) in [4.78, 5) is 42.1. The molecule has 37 heavy (non-hydrogen) atoms. The van der Waals surface area contributed by atoms with Gasteiger partial charge in [0.25, 0.3) is 5.91 Å². The number of hydrogen-bond acceptors (Lipinski definition) is 9. The van der Waals surface area contributed by atoms with Crippen LogP contribution in [0.3, 0.4) is 0 Å². The number of carbonyl (C=O) groups is 3. The van der Waals surface area contributed by atoms with Crippen LogP contribution in [0.1, 0.15) is 71.8 Å². The highest BCUT2D eigenvalue weighted by Gasteiger charge is 2.33. The van der Waals surface area contributed by atoms with E-state index in [9.17, 15) is 14.4 Å². The SMILES string of the molecule is CCOc1ccnc(C(=O)N[C@H]2COC[C@H](CCC(C)C)[C@@H](C)[C@H](C)OC2=O)c1OCOC(=O)C(C)C. The normalized spacial score (nSPS) is 22.5. The fourth-order valence-corrected chi connectivity index (χ4v) is 3.85. The molecule has 1 fully saturated rings. The van der Waals surface area contributed by atoms with Gasteiger partial charge in [0.05, 0.1) is 19.1 Å². The average Bonchev–Trinajstić information content (AvgIpc) is 2.88. The minimum atomic E-state index is -1.03. The van der Waals surface area contributed by atoms with E-state index in [4.69, 9.17) is 23.7 Å². The molecule has 1 aromatic rings. The maximum atomic E-state index is 13.2. The van der Waals surface area contributed by atoms with E-state index in [-0.39, 0.29) is 47.7 Å². The maximum Gasteiger partial charge on any atom is 0.331 e. The second kappa shape index (κ2) is 14.8. The predicted octanol–water partition coefficient (Wildman–Crippen LogP) is 3.76. The van der Waals surface area contributed by atoms with Crippen LogP contribution in [0.25, 0.3) is 0 Å². The van der Waals surface area contributed by atoms with Gasteiger partial charge in [-0.1, -0.05) is 41.0 Å². The quantitative estimate of drug-likeness (QED) is 0.342. The second-order valence-electron chi connectivity index (χ2n) is 10.1. The number of pyridine rings is 1. The fraction of sp³-hybridized carbons (Fsp3) is 0.704. The predicted molar refractivity (Wildman–Crippen MR) is 136 cm³/mol. The Morgan fingerprint density at radius 1 is 1.16 bits per heavy atom. The number of nitrogens with zero attached hydrogens (tertiary/aromatic N) is 1. The molecule has 10 heteroatoms. The Hall–Kier alpha value is -2.88. The van der Waals surface area contributed by atoms with Gasteiger partial charge in [0.15, 0.2) is 23.2 Å². The molecule has 0 aliphatic carbocycles. The van der Waals surface area contributed by atoms with Gasteiger partial charge >= 0.3 is 11.9 Å². The van der Waals surface area contributed by atoms with E-state index in [0.717, 1.165) is 12.8 Å². The first-order chi connectivity index (χ1) is 17.5. The Bertz CT molecular complexity index is 904. The molecule has 10 nitrogen and oxygen atoms in total. The summed E-state index contributed by atoms with van der Waals surface area (Å²) in [6.45, 7) is 13.8. The van der Waals surface area contributed by atoms with E-state index < -0.39 is 30.7 Å². The molecule has 0 saturated carbocycles. The fourth-order valence-electron chi connectivity index (χ4n) is 3.85. The van der Waals surface area contributed by atoms with Crippen molar-refractivity contribution in [1.82, 2.24) is 10.3 Å². The number of ether oxygens (including phenoxy) is 5. The number of amides is 1. The van der Waals surface area contributed by atoms with Gasteiger partial charge in [-0.3, -0.25) is 9.59 Å². The zero-order valence-electron chi connectivity index (χ0n) is 23.1. The Labute approximate surface area is 219 Å². The maximum absolute atomic E-state index is 13.2. The molecular weight excluding hydrogens is 480 g/mol. The smallest absolute Gasteiger partial charge is 0.331 e. The van der Waals surface area contributed by atoms with Crippen LogP contribution in [-0.4, -0.2) is 61.6 Å². The average molecular weight is 523 g/mol. The van der Waals surface area contributed by atoms with Crippen LogP contribution < -0.4 is 14.8 Å². The van der Waals surface area contributed by atoms with Gasteiger partial charge < -0.3 is 29.0 Å². The molecule has 0 unspecified atom stereocenters. The van der Waals surface area contributed by atoms with Crippen molar-refractivity contribution in [3.05, 3.63) is 18.0 Å². The summed E-state index contributed by atoms with van der Waals surface area (Å²) in [5.41, 5.74) is -0.115. The zero-order valence-corrected chi connectivity index (χ0v) is 23.1. The molecule has 1 aliphatic rings. The van der Waals surface area contributed by atoms with E-state index in [1.807, 2.05) is 6.92 Å². The third-order valence-corrected chi connectivity index (χ3v) is 6.37. The minimum Gasteiger partial charge on any atom is -0.490 e. The number of carbonyl (C=O) groups excluding carboxylic acids is 3. The van der Waals surface area contributed by atoms with Gasteiger partial charge in [-0.2, -0.15) is 0 Å². The molecule has 1 aromatic heterocycles. The van der Waals surface area contributed by atoms with Gasteiger partial charge in [0.1, 0.15) is 6.10 Å². The van der Waals surface area contributed by atoms with E-state index in [1.54, 1.807) is 20.8 Å². The zero-order chi connectivity index (χ0) is 27.5. The molecule has 1 N–H and O–H groups in total. The van der Waals surface area contributed by atoms with Crippen molar-refractivity contribution in [2.45, 2.75) is 73.5 Å². The molecule has 1 aliphatic heterocycles. The molecule has 0 bridgehead atoms. The lowest BCUT2D eigenvalue weighted by Crippen LogP contribution is -2.46. The third kappa shape index (κ3) is 9.18. The Morgan fingerprint density at radius 2 is 1.89 bits per heavy atom. The van der Waals surface area contributed by atoms with Crippen molar-refractivity contribution in [1.29, 1.82) is 0 Å². The molecule has 1 amide bonds. The molecule has 2 heterocycles. The minimum absolute atomic E-state index is 0.00602. The Morgan fingerprint density at radius 3 is 2.54 bits per heavy atom. The van der Waals surface area contributed by atoms with Crippen molar-refractivity contribution in [2.24, 2.45) is 23.7 Å². The summed E-state index contributed by atoms with van der Waals surface area (Å²) >= 11 is 0. The van der Waals surface area contributed by atoms with Crippen LogP contribution in [0.4, 0.5) is 0 Å². The van der Waals surface area contributed by atoms with E-state index in [1.165, 1.54) is 12.3 Å². The van der Waals surface area contributed by atoms with Crippen molar-refractivity contribution >= 4 is 17.8 Å². The Balaban J connectivity index is 2.17. The molecular formula is C27H42N2O8. The highest BCUT2D eigenvalue weighted by molar-refractivity contribution is 5.98. The first-order valence-corrected chi connectivity index (χ1v) is 13.0. The van der Waals surface area contributed by atoms with Crippen molar-refractivity contribution in [2.75, 3.05) is 26.6 Å². The molecule has 4 atom stereocenters. The molecule has 0 radical (unpaired) electrons. The number of hydrogen-bond donors (Lipinski definition) is 1. The second-order valence-corrected chi connectivity index (χ2v) is 10.1. The summed E-state index contributed by atoms with van der Waals surface area (Å²) in [5.74, 6) is -0.869. The van der Waals surface area contributed by atoms with Crippen LogP contribution >= 0.6 is 0 Å². The highest BCUT2D eigenvalue weighted by Crippen LogP contribution is 2.30. The van der Waals surface area contributed by atoms with Crippen molar-refractivity contribution in [3.63, 3.8) is 0 Å². The van der Waals surface area contributed by atoms with Gasteiger partial charge in [-0.25, -0.2) is 9.78 Å². The largest absolute Gasteiger partial charge is 0.490 e. The summed E-state index contributed by atoms with van der Waals surface area (Å²) in [5, 5.41) is 2.66. The van der Waals surface area contributed by atoms with Crippen molar-refractivity contribution in [3.8, 4) is 11.5 Å². The lowest BCUT2D eigenvalue weighted by Gasteiger charge is -2.28. The Kier molecular flexibility index (Phi) is 12.1. The lowest BCUT2D eigenvalue weighted by atomic mass is 9.85. The van der Waals surface area contributed by atoms with Crippen LogP contribution in [0.5, 0.6) is 11.5 Å². The topological polar surface area (TPSA) is 122 Å². The van der Waals surface area contributed by atoms with Gasteiger partial charge in [-0.05, 0) is 38.0 Å². The summed E-state index contributed by atoms with van der Waals surface area (Å²) < 4.78 is 27.9. The molecule has 2 rings (SSSR count). The van der Waals surface area contributed by atoms with Crippen molar-refractivity contribution < 1.29 is 38.1 Å². The molecule has 208 valence electrons. The van der Waals surface area contributed by atoms with Crippen LogP contribution in [0.15, 0.2) is 12.3 Å². The number of nitrogens with one attached hydrogen (secondary N) is 1. The van der Waals surface area contributed by atoms with E-state index in [2.05, 4.69) is 31.1 Å². The first-order valence-electron chi connectivity index (χ1n) is 13.0. The first kappa shape index (κ1) is 30.3. The van der Waals surface area contributed by atoms with Gasteiger partial charge in [0, 0.05) is 18.9 Å². The van der Waals surface area contributed by atoms with Crippen LogP contribution in [-0.2, 0) is 23.8 Å². The van der Waals surface area contributed by atoms with E-state index in [0.29, 0.717) is 19.1 Å². The highest BCUT2D eigenvalue weighted by atomic mass is 16.7. The summed E-state index contributed by atoms with van der Waals surface area (Å²) in [7, 11) is 0. The summed E-state index contributed by atoms with van der Waals surface area (Å²) in [6, 6.07) is 0.507. The van der Waals surface area contributed by atoms with Gasteiger partial charge in [0.2, 0.25) is 6.79 Å². The number of rotatable bonds is 11. The van der Waals surface area contributed by atoms with Crippen LogP contribution in [0, 0.1) is 23.7 Å². The monoisotopic (exact) mass is 522 g/mol. The lowest BCUT2D eigenvalue weighted by molar-refractivity contribution is -0.154. The van der Waals surface area contributed by atoms with Gasteiger partial charge in [-0.15, -0.1) is 0 Å². The van der Waals surface area contributed by atoms with E-state index >= 15 is 0 Å². The molecule has 0 spiro atoms. The third-order valence-electron chi connectivity index (χ3n) is 6.37. The number of cyclic esters (lactones) is 1. The number of esters is 2. The van der Waals surface area contributed by atoms with Crippen LogP contribution in [0.2, 0.25) is 0 Å². The number of aromatic nitrogens is 1. The summed E-state index contributed by atoms with van der Waals surface area (Å²) in [6.07, 6.45) is 3.08. The molecule has 1 saturated heterocycles. The molecule has 0 aromatic carbocycles. The standard InChI is InChI=1S/C27H42N2O8/c1-8-34-22-11-12-28-23(24(22)35-15-36-26(31)17(4)5)25(30)29-21-14-33-13-20(10-9-16(2)3)18(6)19(7)37-27(21)32/h11-12,16-21H,8-10,13-15H2,1-7H3,(H,29,30)/t18-,19-,20-,21-/m0/s1.